The van der Waals surface area contributed by atoms with Crippen molar-refractivity contribution >= 4 is 10.0 Å². The van der Waals surface area contributed by atoms with Crippen molar-refractivity contribution in [2.24, 2.45) is 0 Å². The van der Waals surface area contributed by atoms with Gasteiger partial charge in [0.05, 0.1) is 12.4 Å². The number of nitrogens with one attached hydrogen (secondary N) is 1. The van der Waals surface area contributed by atoms with E-state index in [2.05, 4.69) is 12.2 Å². The molecule has 0 aromatic rings. The smallest absolute Gasteiger partial charge is 0.214 e. The minimum atomic E-state index is -2.94. The molecule has 0 aliphatic carbocycles. The number of sulfonamides is 1. The summed E-state index contributed by atoms with van der Waals surface area (Å²) in [5.74, 6) is 0.308. The maximum atomic E-state index is 11.5. The lowest BCUT2D eigenvalue weighted by Crippen LogP contribution is -2.39. The number of nitrogens with zero attached hydrogens (tertiary/aromatic N) is 1. The lowest BCUT2D eigenvalue weighted by atomic mass is 10.2. The van der Waals surface area contributed by atoms with Gasteiger partial charge < -0.3 is 10.1 Å². The molecule has 1 aliphatic rings. The normalized spacial score (nSPS) is 22.4. The first-order valence-electron chi connectivity index (χ1n) is 5.80. The van der Waals surface area contributed by atoms with E-state index in [0.29, 0.717) is 38.0 Å². The van der Waals surface area contributed by atoms with E-state index in [1.165, 1.54) is 0 Å². The molecule has 1 saturated heterocycles. The van der Waals surface area contributed by atoms with Crippen LogP contribution in [0.2, 0.25) is 0 Å². The van der Waals surface area contributed by atoms with E-state index in [1.54, 1.807) is 11.4 Å². The van der Waals surface area contributed by atoms with Crippen molar-refractivity contribution in [1.29, 1.82) is 0 Å². The molecule has 16 heavy (non-hydrogen) atoms. The van der Waals surface area contributed by atoms with Crippen LogP contribution in [-0.2, 0) is 14.8 Å². The Morgan fingerprint density at radius 3 is 2.75 bits per heavy atom. The second-order valence-corrected chi connectivity index (χ2v) is 6.17. The molecule has 1 aliphatic heterocycles. The molecule has 0 aromatic carbocycles. The van der Waals surface area contributed by atoms with Gasteiger partial charge >= 0.3 is 0 Å². The predicted octanol–water partition coefficient (Wildman–Crippen LogP) is 0.0365. The average Bonchev–Trinajstić information content (AvgIpc) is 2.57. The Bertz CT molecular complexity index is 292. The minimum Gasteiger partial charge on any atom is -0.383 e. The van der Waals surface area contributed by atoms with Gasteiger partial charge in [0, 0.05) is 32.8 Å². The zero-order valence-corrected chi connectivity index (χ0v) is 10.9. The molecule has 1 fully saturated rings. The fraction of sp³-hybridized carbons (Fsp3) is 1.00. The zero-order valence-electron chi connectivity index (χ0n) is 10.1. The van der Waals surface area contributed by atoms with Gasteiger partial charge in [0.2, 0.25) is 10.0 Å². The summed E-state index contributed by atoms with van der Waals surface area (Å²) >= 11 is 0. The number of hydrogen-bond donors (Lipinski definition) is 1. The molecule has 0 saturated carbocycles. The number of hydrogen-bond acceptors (Lipinski definition) is 4. The third-order valence-electron chi connectivity index (χ3n) is 2.86. The van der Waals surface area contributed by atoms with E-state index in [9.17, 15) is 8.42 Å². The van der Waals surface area contributed by atoms with Crippen LogP contribution in [0.25, 0.3) is 0 Å². The molecule has 1 rings (SSSR count). The molecular formula is C10H22N2O3S. The first-order chi connectivity index (χ1) is 7.60. The lowest BCUT2D eigenvalue weighted by Gasteiger charge is -2.19. The van der Waals surface area contributed by atoms with Crippen molar-refractivity contribution in [1.82, 2.24) is 9.62 Å². The van der Waals surface area contributed by atoms with E-state index >= 15 is 0 Å². The predicted molar refractivity (Wildman–Crippen MR) is 63.9 cm³/mol. The van der Waals surface area contributed by atoms with Crippen LogP contribution in [0, 0.1) is 0 Å². The highest BCUT2D eigenvalue weighted by atomic mass is 32.2. The molecule has 0 aromatic heterocycles. The van der Waals surface area contributed by atoms with Crippen LogP contribution >= 0.6 is 0 Å². The minimum absolute atomic E-state index is 0.308. The molecule has 5 nitrogen and oxygen atoms in total. The summed E-state index contributed by atoms with van der Waals surface area (Å²) in [6.45, 7) is 4.70. The maximum absolute atomic E-state index is 11.5. The molecule has 0 bridgehead atoms. The van der Waals surface area contributed by atoms with Gasteiger partial charge in [-0.3, -0.25) is 0 Å². The number of ether oxygens (including phenoxy) is 1. The summed E-state index contributed by atoms with van der Waals surface area (Å²) in [7, 11) is -1.27. The summed E-state index contributed by atoms with van der Waals surface area (Å²) in [5, 5.41) is 3.30. The third-order valence-corrected chi connectivity index (χ3v) is 4.81. The Kier molecular flexibility index (Phi) is 5.68. The molecule has 1 heterocycles. The van der Waals surface area contributed by atoms with Gasteiger partial charge in [0.1, 0.15) is 0 Å². The van der Waals surface area contributed by atoms with Crippen LogP contribution in [0.3, 0.4) is 0 Å². The number of methoxy groups -OCH3 is 1. The first-order valence-corrected chi connectivity index (χ1v) is 7.41. The second-order valence-electron chi connectivity index (χ2n) is 4.08. The summed E-state index contributed by atoms with van der Waals surface area (Å²) < 4.78 is 29.6. The number of rotatable bonds is 7. The van der Waals surface area contributed by atoms with Crippen LogP contribution in [-0.4, -0.2) is 57.9 Å². The Morgan fingerprint density at radius 2 is 2.25 bits per heavy atom. The topological polar surface area (TPSA) is 58.6 Å². The molecule has 1 unspecified atom stereocenters. The fourth-order valence-electron chi connectivity index (χ4n) is 1.86. The maximum Gasteiger partial charge on any atom is 0.214 e. The van der Waals surface area contributed by atoms with E-state index < -0.39 is 10.0 Å². The van der Waals surface area contributed by atoms with Crippen molar-refractivity contribution in [3.8, 4) is 0 Å². The largest absolute Gasteiger partial charge is 0.383 e. The van der Waals surface area contributed by atoms with Gasteiger partial charge in [-0.25, -0.2) is 12.7 Å². The van der Waals surface area contributed by atoms with Crippen molar-refractivity contribution in [3.05, 3.63) is 0 Å². The van der Waals surface area contributed by atoms with Crippen molar-refractivity contribution in [3.63, 3.8) is 0 Å². The molecular weight excluding hydrogens is 228 g/mol. The van der Waals surface area contributed by atoms with Gasteiger partial charge in [0.25, 0.3) is 0 Å². The van der Waals surface area contributed by atoms with Crippen molar-refractivity contribution in [2.45, 2.75) is 25.8 Å². The van der Waals surface area contributed by atoms with Gasteiger partial charge in [0.15, 0.2) is 0 Å². The summed E-state index contributed by atoms with van der Waals surface area (Å²) in [6.07, 6.45) is 1.75. The van der Waals surface area contributed by atoms with E-state index in [4.69, 9.17) is 4.74 Å². The molecule has 96 valence electrons. The lowest BCUT2D eigenvalue weighted by molar-refractivity contribution is 0.164. The van der Waals surface area contributed by atoms with Crippen LogP contribution < -0.4 is 5.32 Å². The van der Waals surface area contributed by atoms with Crippen molar-refractivity contribution < 1.29 is 13.2 Å². The third kappa shape index (κ3) is 4.01. The summed E-state index contributed by atoms with van der Waals surface area (Å²) in [5.41, 5.74) is 0. The van der Waals surface area contributed by atoms with Crippen LogP contribution in [0.15, 0.2) is 0 Å². The molecule has 1 atom stereocenters. The summed E-state index contributed by atoms with van der Waals surface area (Å²) in [6, 6.07) is 0.315. The van der Waals surface area contributed by atoms with Crippen LogP contribution in [0.4, 0.5) is 0 Å². The highest BCUT2D eigenvalue weighted by molar-refractivity contribution is 7.89. The van der Waals surface area contributed by atoms with E-state index in [0.717, 1.165) is 12.8 Å². The van der Waals surface area contributed by atoms with Gasteiger partial charge in [-0.05, 0) is 12.8 Å². The second kappa shape index (κ2) is 6.54. The van der Waals surface area contributed by atoms with Gasteiger partial charge in [-0.2, -0.15) is 0 Å². The zero-order chi connectivity index (χ0) is 12.0. The van der Waals surface area contributed by atoms with Crippen molar-refractivity contribution in [2.75, 3.05) is 39.1 Å². The Hall–Kier alpha value is -0.170. The first kappa shape index (κ1) is 13.9. The Balaban J connectivity index is 2.24. The van der Waals surface area contributed by atoms with E-state index in [-0.39, 0.29) is 0 Å². The average molecular weight is 250 g/mol. The highest BCUT2D eigenvalue weighted by Gasteiger charge is 2.27. The molecule has 6 heteroatoms. The standard InChI is InChI=1S/C10H22N2O3S/c1-3-10(9-15-2)11-5-7-12-6-4-8-16(12,13)14/h10-11H,3-9H2,1-2H3. The Labute approximate surface area is 98.2 Å². The highest BCUT2D eigenvalue weighted by Crippen LogP contribution is 2.11. The molecule has 0 radical (unpaired) electrons. The fourth-order valence-corrected chi connectivity index (χ4v) is 3.39. The molecule has 0 amide bonds. The van der Waals surface area contributed by atoms with E-state index in [1.807, 2.05) is 0 Å². The van der Waals surface area contributed by atoms with Crippen LogP contribution in [0.1, 0.15) is 19.8 Å². The quantitative estimate of drug-likeness (QED) is 0.693. The summed E-state index contributed by atoms with van der Waals surface area (Å²) in [4.78, 5) is 0. The van der Waals surface area contributed by atoms with Crippen LogP contribution in [0.5, 0.6) is 0 Å². The van der Waals surface area contributed by atoms with Gasteiger partial charge in [-0.15, -0.1) is 0 Å². The SMILES string of the molecule is CCC(COC)NCCN1CCCS1(=O)=O. The van der Waals surface area contributed by atoms with Gasteiger partial charge in [-0.1, -0.05) is 6.92 Å². The monoisotopic (exact) mass is 250 g/mol. The molecule has 1 N–H and O–H groups in total. The Morgan fingerprint density at radius 1 is 1.50 bits per heavy atom. The molecule has 0 spiro atoms.